The van der Waals surface area contributed by atoms with E-state index >= 15 is 0 Å². The molecule has 1 aliphatic heterocycles. The van der Waals surface area contributed by atoms with E-state index in [0.717, 1.165) is 0 Å². The van der Waals surface area contributed by atoms with Crippen molar-refractivity contribution in [2.75, 3.05) is 16.8 Å². The van der Waals surface area contributed by atoms with Gasteiger partial charge in [0, 0.05) is 30.0 Å². The highest BCUT2D eigenvalue weighted by Gasteiger charge is 2.34. The molecule has 0 bridgehead atoms. The Labute approximate surface area is 137 Å². The molecule has 0 radical (unpaired) electrons. The van der Waals surface area contributed by atoms with Crippen LogP contribution in [-0.2, 0) is 4.79 Å². The van der Waals surface area contributed by atoms with Crippen molar-refractivity contribution in [3.63, 3.8) is 0 Å². The monoisotopic (exact) mass is 331 g/mol. The van der Waals surface area contributed by atoms with Gasteiger partial charge in [0.15, 0.2) is 6.23 Å². The van der Waals surface area contributed by atoms with Gasteiger partial charge in [0.2, 0.25) is 6.41 Å². The molecule has 1 aromatic carbocycles. The molecule has 2 N–H and O–H groups in total. The molecule has 118 valence electrons. The van der Waals surface area contributed by atoms with Gasteiger partial charge in [0.1, 0.15) is 11.5 Å². The maximum absolute atomic E-state index is 11.6. The Balaban J connectivity index is 2.19. The number of aliphatic hydroxyl groups is 2. The summed E-state index contributed by atoms with van der Waals surface area (Å²) in [6, 6.07) is 8.14. The van der Waals surface area contributed by atoms with Gasteiger partial charge < -0.3 is 15.1 Å². The minimum Gasteiger partial charge on any atom is -0.505 e. The van der Waals surface area contributed by atoms with Crippen LogP contribution >= 0.6 is 11.6 Å². The first-order valence-electron chi connectivity index (χ1n) is 6.83. The fourth-order valence-corrected chi connectivity index (χ4v) is 2.74. The molecule has 1 amide bonds. The first kappa shape index (κ1) is 15.3. The molecule has 0 spiro atoms. The molecule has 0 aliphatic carbocycles. The SMILES string of the molecule is CN1c2cc(Cl)ccc2C(O)=C(N(C=O)c2ccncc2)C1O. The van der Waals surface area contributed by atoms with Crippen molar-refractivity contribution in [1.29, 1.82) is 0 Å². The number of likely N-dealkylation sites (N-methyl/N-ethyl adjacent to an activating group) is 1. The molecule has 0 saturated carbocycles. The Morgan fingerprint density at radius 3 is 2.65 bits per heavy atom. The third-order valence-electron chi connectivity index (χ3n) is 3.75. The summed E-state index contributed by atoms with van der Waals surface area (Å²) >= 11 is 5.98. The summed E-state index contributed by atoms with van der Waals surface area (Å²) in [5, 5.41) is 21.6. The highest BCUT2D eigenvalue weighted by molar-refractivity contribution is 6.31. The van der Waals surface area contributed by atoms with Crippen LogP contribution in [0.4, 0.5) is 11.4 Å². The van der Waals surface area contributed by atoms with Crippen LogP contribution < -0.4 is 9.80 Å². The third-order valence-corrected chi connectivity index (χ3v) is 3.99. The minimum atomic E-state index is -1.21. The van der Waals surface area contributed by atoms with E-state index in [1.807, 2.05) is 0 Å². The zero-order chi connectivity index (χ0) is 16.6. The van der Waals surface area contributed by atoms with E-state index in [0.29, 0.717) is 28.4 Å². The number of rotatable bonds is 3. The molecule has 2 aromatic rings. The average Bonchev–Trinajstić information content (AvgIpc) is 2.57. The van der Waals surface area contributed by atoms with E-state index in [2.05, 4.69) is 4.98 Å². The Bertz CT molecular complexity index is 779. The fourth-order valence-electron chi connectivity index (χ4n) is 2.57. The normalized spacial score (nSPS) is 17.0. The number of hydrogen-bond acceptors (Lipinski definition) is 5. The largest absolute Gasteiger partial charge is 0.505 e. The summed E-state index contributed by atoms with van der Waals surface area (Å²) < 4.78 is 0. The highest BCUT2D eigenvalue weighted by Crippen LogP contribution is 2.38. The number of aromatic nitrogens is 1. The van der Waals surface area contributed by atoms with E-state index in [-0.39, 0.29) is 11.5 Å². The first-order valence-corrected chi connectivity index (χ1v) is 7.21. The first-order chi connectivity index (χ1) is 11.0. The van der Waals surface area contributed by atoms with Crippen LogP contribution in [0.2, 0.25) is 5.02 Å². The van der Waals surface area contributed by atoms with Crippen molar-refractivity contribution in [3.05, 3.63) is 59.0 Å². The zero-order valence-corrected chi connectivity index (χ0v) is 13.0. The quantitative estimate of drug-likeness (QED) is 0.844. The molecule has 0 fully saturated rings. The van der Waals surface area contributed by atoms with Gasteiger partial charge in [0.05, 0.1) is 11.4 Å². The van der Waals surface area contributed by atoms with E-state index in [4.69, 9.17) is 11.6 Å². The van der Waals surface area contributed by atoms with Crippen molar-refractivity contribution in [1.82, 2.24) is 4.98 Å². The molecule has 3 rings (SSSR count). The van der Waals surface area contributed by atoms with E-state index < -0.39 is 6.23 Å². The van der Waals surface area contributed by atoms with E-state index in [1.165, 1.54) is 22.2 Å². The van der Waals surface area contributed by atoms with Gasteiger partial charge in [-0.1, -0.05) is 11.6 Å². The van der Waals surface area contributed by atoms with Gasteiger partial charge in [-0.05, 0) is 30.3 Å². The number of fused-ring (bicyclic) bond motifs is 1. The molecule has 1 unspecified atom stereocenters. The van der Waals surface area contributed by atoms with Crippen LogP contribution in [-0.4, -0.2) is 34.9 Å². The van der Waals surface area contributed by atoms with Crippen LogP contribution in [0.25, 0.3) is 5.76 Å². The topological polar surface area (TPSA) is 76.9 Å². The standard InChI is InChI=1S/C16H14ClN3O3/c1-19-13-8-10(17)2-3-12(13)15(22)14(16(19)23)20(9-21)11-4-6-18-7-5-11/h2-9,16,22-23H,1H3. The van der Waals surface area contributed by atoms with Crippen LogP contribution in [0.1, 0.15) is 5.56 Å². The van der Waals surface area contributed by atoms with Gasteiger partial charge in [-0.2, -0.15) is 0 Å². The Kier molecular flexibility index (Phi) is 3.94. The number of halogens is 1. The summed E-state index contributed by atoms with van der Waals surface area (Å²) in [6.45, 7) is 0. The maximum atomic E-state index is 11.6. The Morgan fingerprint density at radius 1 is 1.30 bits per heavy atom. The lowest BCUT2D eigenvalue weighted by Gasteiger charge is -2.37. The van der Waals surface area contributed by atoms with Gasteiger partial charge in [-0.25, -0.2) is 0 Å². The molecule has 6 nitrogen and oxygen atoms in total. The average molecular weight is 332 g/mol. The summed E-state index contributed by atoms with van der Waals surface area (Å²) in [6.07, 6.45) is 2.38. The highest BCUT2D eigenvalue weighted by atomic mass is 35.5. The molecule has 1 aliphatic rings. The van der Waals surface area contributed by atoms with Crippen molar-refractivity contribution in [2.24, 2.45) is 0 Å². The molecular weight excluding hydrogens is 318 g/mol. The number of nitrogens with zero attached hydrogens (tertiary/aromatic N) is 3. The van der Waals surface area contributed by atoms with E-state index in [9.17, 15) is 15.0 Å². The lowest BCUT2D eigenvalue weighted by molar-refractivity contribution is -0.107. The van der Waals surface area contributed by atoms with Crippen molar-refractivity contribution >= 4 is 35.1 Å². The van der Waals surface area contributed by atoms with E-state index in [1.54, 1.807) is 37.4 Å². The third kappa shape index (κ3) is 2.52. The molecule has 1 atom stereocenters. The number of hydrogen-bond donors (Lipinski definition) is 2. The van der Waals surface area contributed by atoms with Gasteiger partial charge in [-0.15, -0.1) is 0 Å². The predicted molar refractivity (Wildman–Crippen MR) is 88.2 cm³/mol. The molecular formula is C16H14ClN3O3. The molecule has 23 heavy (non-hydrogen) atoms. The van der Waals surface area contributed by atoms with Gasteiger partial charge in [0.25, 0.3) is 0 Å². The smallest absolute Gasteiger partial charge is 0.218 e. The Hall–Kier alpha value is -2.57. The molecule has 7 heteroatoms. The number of pyridine rings is 1. The summed E-state index contributed by atoms with van der Waals surface area (Å²) in [7, 11) is 1.65. The molecule has 1 aromatic heterocycles. The van der Waals surface area contributed by atoms with Crippen LogP contribution in [0.5, 0.6) is 0 Å². The number of aliphatic hydroxyl groups excluding tert-OH is 2. The fraction of sp³-hybridized carbons (Fsp3) is 0.125. The van der Waals surface area contributed by atoms with Crippen molar-refractivity contribution < 1.29 is 15.0 Å². The molecule has 0 saturated heterocycles. The van der Waals surface area contributed by atoms with Gasteiger partial charge >= 0.3 is 0 Å². The molecule has 2 heterocycles. The second-order valence-electron chi connectivity index (χ2n) is 5.06. The lowest BCUT2D eigenvalue weighted by Crippen LogP contribution is -2.43. The second-order valence-corrected chi connectivity index (χ2v) is 5.50. The van der Waals surface area contributed by atoms with Crippen LogP contribution in [0.15, 0.2) is 48.4 Å². The summed E-state index contributed by atoms with van der Waals surface area (Å²) in [5.74, 6) is -0.175. The maximum Gasteiger partial charge on any atom is 0.218 e. The Morgan fingerprint density at radius 2 is 2.00 bits per heavy atom. The lowest BCUT2D eigenvalue weighted by atomic mass is 10.0. The number of carbonyl (C=O) groups is 1. The second kappa shape index (κ2) is 5.91. The van der Waals surface area contributed by atoms with Crippen molar-refractivity contribution in [2.45, 2.75) is 6.23 Å². The van der Waals surface area contributed by atoms with Gasteiger partial charge in [-0.3, -0.25) is 14.7 Å². The summed E-state index contributed by atoms with van der Waals surface area (Å²) in [5.41, 5.74) is 1.62. The number of benzene rings is 1. The van der Waals surface area contributed by atoms with Crippen molar-refractivity contribution in [3.8, 4) is 0 Å². The zero-order valence-electron chi connectivity index (χ0n) is 12.2. The number of anilines is 2. The number of carbonyl (C=O) groups excluding carboxylic acids is 1. The summed E-state index contributed by atoms with van der Waals surface area (Å²) in [4.78, 5) is 18.2. The number of amides is 1. The predicted octanol–water partition coefficient (Wildman–Crippen LogP) is 2.39. The minimum absolute atomic E-state index is 0.0727. The van der Waals surface area contributed by atoms with Crippen LogP contribution in [0, 0.1) is 0 Å². The van der Waals surface area contributed by atoms with Crippen LogP contribution in [0.3, 0.4) is 0 Å².